The van der Waals surface area contributed by atoms with E-state index in [1.54, 1.807) is 18.2 Å². The fraction of sp³-hybridized carbons (Fsp3) is 0. The first-order valence-electron chi connectivity index (χ1n) is 8.27. The van der Waals surface area contributed by atoms with Gasteiger partial charge in [0.1, 0.15) is 23.2 Å². The first kappa shape index (κ1) is 18.0. The van der Waals surface area contributed by atoms with Gasteiger partial charge in [-0.05, 0) is 36.4 Å². The Hall–Kier alpha value is -3.40. The van der Waals surface area contributed by atoms with Crippen LogP contribution in [0.3, 0.4) is 0 Å². The van der Waals surface area contributed by atoms with Crippen molar-refractivity contribution in [1.29, 1.82) is 5.26 Å². The van der Waals surface area contributed by atoms with Crippen LogP contribution in [0, 0.1) is 11.3 Å². The smallest absolute Gasteiger partial charge is 0.268 e. The lowest BCUT2D eigenvalue weighted by Gasteiger charge is -2.00. The van der Waals surface area contributed by atoms with Gasteiger partial charge in [0.2, 0.25) is 0 Å². The number of nitrogens with zero attached hydrogens (tertiary/aromatic N) is 2. The number of carbonyl (C=O) groups excluding carboxylic acids is 1. The van der Waals surface area contributed by atoms with Gasteiger partial charge in [0.05, 0.1) is 15.2 Å². The lowest BCUT2D eigenvalue weighted by Crippen LogP contribution is -2.13. The molecule has 136 valence electrons. The van der Waals surface area contributed by atoms with E-state index < -0.39 is 5.91 Å². The zero-order valence-electron chi connectivity index (χ0n) is 14.3. The van der Waals surface area contributed by atoms with Gasteiger partial charge in [0.15, 0.2) is 5.13 Å². The monoisotopic (exact) mass is 405 g/mol. The summed E-state index contributed by atoms with van der Waals surface area (Å²) in [6.07, 6.45) is 1.39. The summed E-state index contributed by atoms with van der Waals surface area (Å²) in [7, 11) is 0. The number of nitriles is 1. The van der Waals surface area contributed by atoms with Crippen molar-refractivity contribution in [2.24, 2.45) is 0 Å². The minimum atomic E-state index is -0.544. The van der Waals surface area contributed by atoms with Crippen molar-refractivity contribution < 1.29 is 9.21 Å². The second-order valence-corrected chi connectivity index (χ2v) is 7.23. The second-order valence-electron chi connectivity index (χ2n) is 5.79. The van der Waals surface area contributed by atoms with E-state index in [-0.39, 0.29) is 5.57 Å². The van der Waals surface area contributed by atoms with Gasteiger partial charge >= 0.3 is 0 Å². The minimum Gasteiger partial charge on any atom is -0.457 e. The van der Waals surface area contributed by atoms with Crippen LogP contribution in [0.1, 0.15) is 5.76 Å². The molecule has 0 saturated heterocycles. The van der Waals surface area contributed by atoms with Crippen molar-refractivity contribution in [3.63, 3.8) is 0 Å². The van der Waals surface area contributed by atoms with E-state index >= 15 is 0 Å². The number of hydrogen-bond acceptors (Lipinski definition) is 5. The van der Waals surface area contributed by atoms with Crippen LogP contribution in [-0.2, 0) is 4.79 Å². The molecule has 4 rings (SSSR count). The van der Waals surface area contributed by atoms with Crippen molar-refractivity contribution in [1.82, 2.24) is 4.98 Å². The molecule has 0 spiro atoms. The van der Waals surface area contributed by atoms with E-state index in [2.05, 4.69) is 10.3 Å². The third-order valence-electron chi connectivity index (χ3n) is 3.93. The van der Waals surface area contributed by atoms with E-state index in [1.807, 2.05) is 48.5 Å². The third-order valence-corrected chi connectivity index (χ3v) is 5.21. The number of anilines is 1. The lowest BCUT2D eigenvalue weighted by molar-refractivity contribution is -0.112. The summed E-state index contributed by atoms with van der Waals surface area (Å²) in [6.45, 7) is 0. The number of carbonyl (C=O) groups is 1. The molecule has 28 heavy (non-hydrogen) atoms. The molecule has 0 radical (unpaired) electrons. The Morgan fingerprint density at radius 1 is 1.14 bits per heavy atom. The van der Waals surface area contributed by atoms with Crippen LogP contribution in [-0.4, -0.2) is 10.9 Å². The second kappa shape index (κ2) is 7.69. The molecule has 0 bridgehead atoms. The number of nitrogens with one attached hydrogen (secondary N) is 1. The molecule has 0 unspecified atom stereocenters. The van der Waals surface area contributed by atoms with Gasteiger partial charge in [-0.15, -0.1) is 0 Å². The Bertz CT molecular complexity index is 1220. The molecule has 1 N–H and O–H groups in total. The predicted octanol–water partition coefficient (Wildman–Crippen LogP) is 5.76. The van der Waals surface area contributed by atoms with Gasteiger partial charge in [0.25, 0.3) is 5.91 Å². The largest absolute Gasteiger partial charge is 0.457 e. The summed E-state index contributed by atoms with van der Waals surface area (Å²) in [4.78, 5) is 16.8. The predicted molar refractivity (Wildman–Crippen MR) is 111 cm³/mol. The first-order chi connectivity index (χ1) is 13.6. The summed E-state index contributed by atoms with van der Waals surface area (Å²) < 4.78 is 6.68. The normalized spacial score (nSPS) is 11.4. The molecular weight excluding hydrogens is 394 g/mol. The van der Waals surface area contributed by atoms with Crippen molar-refractivity contribution in [3.05, 3.63) is 77.0 Å². The van der Waals surface area contributed by atoms with Crippen LogP contribution < -0.4 is 5.32 Å². The first-order valence-corrected chi connectivity index (χ1v) is 9.47. The molecule has 2 aromatic carbocycles. The van der Waals surface area contributed by atoms with Gasteiger partial charge in [0, 0.05) is 11.6 Å². The van der Waals surface area contributed by atoms with Crippen LogP contribution >= 0.6 is 22.9 Å². The quantitative estimate of drug-likeness (QED) is 0.346. The van der Waals surface area contributed by atoms with E-state index in [1.165, 1.54) is 17.4 Å². The Morgan fingerprint density at radius 3 is 2.71 bits per heavy atom. The maximum atomic E-state index is 12.5. The highest BCUT2D eigenvalue weighted by Gasteiger charge is 2.14. The number of thiazole rings is 1. The van der Waals surface area contributed by atoms with Crippen molar-refractivity contribution in [2.75, 3.05) is 5.32 Å². The maximum Gasteiger partial charge on any atom is 0.268 e. The van der Waals surface area contributed by atoms with E-state index in [4.69, 9.17) is 16.0 Å². The molecule has 0 atom stereocenters. The van der Waals surface area contributed by atoms with Gasteiger partial charge in [-0.3, -0.25) is 10.1 Å². The Morgan fingerprint density at radius 2 is 1.93 bits per heavy atom. The Kier molecular flexibility index (Phi) is 4.94. The van der Waals surface area contributed by atoms with Crippen LogP contribution in [0.4, 0.5) is 5.13 Å². The Balaban J connectivity index is 1.56. The Labute approximate surface area is 169 Å². The molecule has 0 aliphatic heterocycles. The average molecular weight is 406 g/mol. The fourth-order valence-electron chi connectivity index (χ4n) is 2.62. The topological polar surface area (TPSA) is 78.9 Å². The van der Waals surface area contributed by atoms with Gasteiger partial charge in [-0.1, -0.05) is 47.2 Å². The summed E-state index contributed by atoms with van der Waals surface area (Å²) >= 11 is 7.52. The van der Waals surface area contributed by atoms with Crippen LogP contribution in [0.15, 0.2) is 70.7 Å². The number of furan rings is 1. The molecule has 2 aromatic heterocycles. The summed E-state index contributed by atoms with van der Waals surface area (Å²) in [5.41, 5.74) is 1.45. The molecule has 0 saturated carbocycles. The van der Waals surface area contributed by atoms with E-state index in [0.717, 1.165) is 15.8 Å². The minimum absolute atomic E-state index is 0.0840. The van der Waals surface area contributed by atoms with E-state index in [0.29, 0.717) is 21.7 Å². The summed E-state index contributed by atoms with van der Waals surface area (Å²) in [5, 5.41) is 13.0. The molecule has 7 heteroatoms. The number of aromatic nitrogens is 1. The number of amides is 1. The third kappa shape index (κ3) is 3.67. The van der Waals surface area contributed by atoms with Crippen molar-refractivity contribution >= 4 is 50.3 Å². The highest BCUT2D eigenvalue weighted by atomic mass is 35.5. The molecule has 1 amide bonds. The molecular formula is C21H12ClN3O2S. The standard InChI is InChI=1S/C21H12ClN3O2S/c22-16-6-2-1-5-15(16)18-10-9-14(27-18)11-13(12-23)20(26)25-21-24-17-7-3-4-8-19(17)28-21/h1-11H,(H,24,25,26)/b13-11+. The summed E-state index contributed by atoms with van der Waals surface area (Å²) in [6, 6.07) is 20.2. The van der Waals surface area contributed by atoms with Gasteiger partial charge in [-0.25, -0.2) is 4.98 Å². The fourth-order valence-corrected chi connectivity index (χ4v) is 3.71. The average Bonchev–Trinajstić information content (AvgIpc) is 3.32. The van der Waals surface area contributed by atoms with Gasteiger partial charge < -0.3 is 4.42 Å². The highest BCUT2D eigenvalue weighted by molar-refractivity contribution is 7.22. The van der Waals surface area contributed by atoms with Crippen LogP contribution in [0.5, 0.6) is 0 Å². The SMILES string of the molecule is N#C/C(=C\c1ccc(-c2ccccc2Cl)o1)C(=O)Nc1nc2ccccc2s1. The van der Waals surface area contributed by atoms with E-state index in [9.17, 15) is 10.1 Å². The molecule has 2 heterocycles. The number of halogens is 1. The van der Waals surface area contributed by atoms with Crippen molar-refractivity contribution in [2.45, 2.75) is 0 Å². The lowest BCUT2D eigenvalue weighted by atomic mass is 10.2. The number of hydrogen-bond donors (Lipinski definition) is 1. The number of rotatable bonds is 4. The molecule has 0 aliphatic rings. The molecule has 5 nitrogen and oxygen atoms in total. The zero-order valence-corrected chi connectivity index (χ0v) is 15.9. The number of para-hydroxylation sites is 1. The highest BCUT2D eigenvalue weighted by Crippen LogP contribution is 2.30. The zero-order chi connectivity index (χ0) is 19.5. The summed E-state index contributed by atoms with van der Waals surface area (Å²) in [5.74, 6) is 0.392. The van der Waals surface area contributed by atoms with Crippen LogP contribution in [0.2, 0.25) is 5.02 Å². The van der Waals surface area contributed by atoms with Gasteiger partial charge in [-0.2, -0.15) is 5.26 Å². The molecule has 0 aliphatic carbocycles. The van der Waals surface area contributed by atoms with Crippen molar-refractivity contribution in [3.8, 4) is 17.4 Å². The molecule has 4 aromatic rings. The number of benzene rings is 2. The molecule has 0 fully saturated rings. The van der Waals surface area contributed by atoms with Crippen LogP contribution in [0.25, 0.3) is 27.6 Å². The maximum absolute atomic E-state index is 12.5. The number of fused-ring (bicyclic) bond motifs is 1.